The summed E-state index contributed by atoms with van der Waals surface area (Å²) in [5.41, 5.74) is 2.81. The van der Waals surface area contributed by atoms with Gasteiger partial charge in [-0.25, -0.2) is 5.84 Å². The van der Waals surface area contributed by atoms with Crippen molar-refractivity contribution in [3.63, 3.8) is 0 Å². The molecule has 0 aliphatic carbocycles. The van der Waals surface area contributed by atoms with Gasteiger partial charge in [0.25, 0.3) is 0 Å². The summed E-state index contributed by atoms with van der Waals surface area (Å²) < 4.78 is 6.98. The number of carbonyl (C=O) groups is 1. The van der Waals surface area contributed by atoms with Crippen LogP contribution in [0.25, 0.3) is 0 Å². The Kier molecular flexibility index (Phi) is 3.68. The Hall–Kier alpha value is -1.80. The predicted octanol–water partition coefficient (Wildman–Crippen LogP) is 0.612. The number of nitrogens with one attached hydrogen (secondary N) is 1. The van der Waals surface area contributed by atoms with Gasteiger partial charge in [0, 0.05) is 18.4 Å². The smallest absolute Gasteiger partial charge is 0.301 e. The van der Waals surface area contributed by atoms with Crippen molar-refractivity contribution in [3.8, 4) is 0 Å². The first kappa shape index (κ1) is 12.7. The van der Waals surface area contributed by atoms with Crippen LogP contribution in [-0.2, 0) is 12.8 Å². The van der Waals surface area contributed by atoms with E-state index in [0.29, 0.717) is 5.75 Å². The van der Waals surface area contributed by atoms with Crippen molar-refractivity contribution < 1.29 is 9.21 Å². The second-order valence-corrected chi connectivity index (χ2v) is 4.57. The number of thioether (sulfide) groups is 1. The topological polar surface area (TPSA) is 99.0 Å². The van der Waals surface area contributed by atoms with Crippen LogP contribution >= 0.6 is 11.8 Å². The first-order valence-corrected chi connectivity index (χ1v) is 6.18. The molecule has 1 amide bonds. The zero-order valence-corrected chi connectivity index (χ0v) is 10.8. The maximum absolute atomic E-state index is 11.4. The minimum absolute atomic E-state index is 0.226. The largest absolute Gasteiger partial charge is 0.459 e. The van der Waals surface area contributed by atoms with Crippen LogP contribution in [0.15, 0.2) is 21.9 Å². The maximum atomic E-state index is 11.4. The lowest BCUT2D eigenvalue weighted by molar-refractivity contribution is 0.0925. The lowest BCUT2D eigenvalue weighted by atomic mass is 10.3. The van der Waals surface area contributed by atoms with Gasteiger partial charge < -0.3 is 8.98 Å². The molecule has 2 aromatic rings. The summed E-state index contributed by atoms with van der Waals surface area (Å²) >= 11 is 1.48. The van der Waals surface area contributed by atoms with E-state index in [1.165, 1.54) is 18.0 Å². The van der Waals surface area contributed by atoms with Crippen molar-refractivity contribution >= 4 is 17.7 Å². The van der Waals surface area contributed by atoms with Crippen molar-refractivity contribution in [1.29, 1.82) is 0 Å². The number of furan rings is 1. The second-order valence-electron chi connectivity index (χ2n) is 3.63. The van der Waals surface area contributed by atoms with Crippen LogP contribution in [0.5, 0.6) is 0 Å². The van der Waals surface area contributed by atoms with Gasteiger partial charge in [0.2, 0.25) is 0 Å². The second kappa shape index (κ2) is 5.23. The van der Waals surface area contributed by atoms with Gasteiger partial charge in [0.1, 0.15) is 5.82 Å². The fourth-order valence-electron chi connectivity index (χ4n) is 1.37. The number of amides is 1. The molecule has 0 unspecified atom stereocenters. The number of rotatable bonds is 4. The number of hydrazine groups is 1. The Bertz CT molecular complexity index is 562. The predicted molar refractivity (Wildman–Crippen MR) is 65.7 cm³/mol. The molecule has 2 heterocycles. The molecule has 0 radical (unpaired) electrons. The SMILES string of the molecule is Cc1nnc(SCc2ccoc2C(=O)NN)n1C. The summed E-state index contributed by atoms with van der Waals surface area (Å²) in [6, 6.07) is 1.74. The number of aryl methyl sites for hydroxylation is 1. The third kappa shape index (κ3) is 2.39. The zero-order chi connectivity index (χ0) is 13.1. The van der Waals surface area contributed by atoms with E-state index in [1.807, 2.05) is 24.0 Å². The molecular formula is C10H13N5O2S. The molecule has 0 aliphatic rings. The van der Waals surface area contributed by atoms with Gasteiger partial charge in [-0.15, -0.1) is 10.2 Å². The highest BCUT2D eigenvalue weighted by Gasteiger charge is 2.15. The van der Waals surface area contributed by atoms with Crippen molar-refractivity contribution in [1.82, 2.24) is 20.2 Å². The first-order chi connectivity index (χ1) is 8.63. The summed E-state index contributed by atoms with van der Waals surface area (Å²) in [6.45, 7) is 1.88. The minimum atomic E-state index is -0.440. The third-order valence-electron chi connectivity index (χ3n) is 2.49. The van der Waals surface area contributed by atoms with E-state index in [0.717, 1.165) is 16.5 Å². The van der Waals surface area contributed by atoms with Crippen LogP contribution in [0.1, 0.15) is 21.9 Å². The molecule has 8 heteroatoms. The molecule has 7 nitrogen and oxygen atoms in total. The van der Waals surface area contributed by atoms with E-state index < -0.39 is 5.91 Å². The monoisotopic (exact) mass is 267 g/mol. The average molecular weight is 267 g/mol. The molecule has 0 aliphatic heterocycles. The van der Waals surface area contributed by atoms with E-state index in [9.17, 15) is 4.79 Å². The molecule has 0 bridgehead atoms. The molecule has 3 N–H and O–H groups in total. The zero-order valence-electron chi connectivity index (χ0n) is 10.0. The summed E-state index contributed by atoms with van der Waals surface area (Å²) in [7, 11) is 1.89. The summed E-state index contributed by atoms with van der Waals surface area (Å²) in [5.74, 6) is 6.26. The number of nitrogens with zero attached hydrogens (tertiary/aromatic N) is 3. The van der Waals surface area contributed by atoms with Crippen molar-refractivity contribution in [2.24, 2.45) is 12.9 Å². The maximum Gasteiger partial charge on any atom is 0.301 e. The van der Waals surface area contributed by atoms with Gasteiger partial charge >= 0.3 is 5.91 Å². The van der Waals surface area contributed by atoms with Crippen LogP contribution in [0, 0.1) is 6.92 Å². The molecule has 0 fully saturated rings. The highest BCUT2D eigenvalue weighted by atomic mass is 32.2. The molecule has 0 atom stereocenters. The van der Waals surface area contributed by atoms with E-state index >= 15 is 0 Å². The Labute approximate surface area is 108 Å². The van der Waals surface area contributed by atoms with Crippen LogP contribution in [0.2, 0.25) is 0 Å². The Balaban J connectivity index is 2.09. The molecule has 0 saturated carbocycles. The fourth-order valence-corrected chi connectivity index (χ4v) is 2.31. The van der Waals surface area contributed by atoms with Crippen LogP contribution in [0.4, 0.5) is 0 Å². The average Bonchev–Trinajstić information content (AvgIpc) is 2.95. The van der Waals surface area contributed by atoms with Gasteiger partial charge in [-0.2, -0.15) is 0 Å². The van der Waals surface area contributed by atoms with Gasteiger partial charge in [-0.05, 0) is 13.0 Å². The third-order valence-corrected chi connectivity index (χ3v) is 3.56. The van der Waals surface area contributed by atoms with Crippen molar-refractivity contribution in [2.75, 3.05) is 0 Å². The quantitative estimate of drug-likeness (QED) is 0.364. The molecular weight excluding hydrogens is 254 g/mol. The molecule has 18 heavy (non-hydrogen) atoms. The highest BCUT2D eigenvalue weighted by Crippen LogP contribution is 2.23. The molecule has 96 valence electrons. The molecule has 2 rings (SSSR count). The fraction of sp³-hybridized carbons (Fsp3) is 0.300. The summed E-state index contributed by atoms with van der Waals surface area (Å²) in [6.07, 6.45) is 1.46. The number of hydrogen-bond acceptors (Lipinski definition) is 6. The number of carbonyl (C=O) groups excluding carboxylic acids is 1. The lowest BCUT2D eigenvalue weighted by Gasteiger charge is -2.02. The normalized spacial score (nSPS) is 10.6. The number of aromatic nitrogens is 3. The Morgan fingerprint density at radius 3 is 3.00 bits per heavy atom. The molecule has 2 aromatic heterocycles. The van der Waals surface area contributed by atoms with E-state index in [4.69, 9.17) is 10.3 Å². The van der Waals surface area contributed by atoms with Gasteiger partial charge in [0.05, 0.1) is 6.26 Å². The van der Waals surface area contributed by atoms with Crippen LogP contribution in [0.3, 0.4) is 0 Å². The van der Waals surface area contributed by atoms with Crippen LogP contribution < -0.4 is 11.3 Å². The Morgan fingerprint density at radius 2 is 2.39 bits per heavy atom. The van der Waals surface area contributed by atoms with Crippen molar-refractivity contribution in [3.05, 3.63) is 29.5 Å². The number of nitrogens with two attached hydrogens (primary N) is 1. The van der Waals surface area contributed by atoms with E-state index in [2.05, 4.69) is 10.2 Å². The van der Waals surface area contributed by atoms with Gasteiger partial charge in [-0.1, -0.05) is 11.8 Å². The van der Waals surface area contributed by atoms with E-state index in [-0.39, 0.29) is 5.76 Å². The molecule has 0 saturated heterocycles. The van der Waals surface area contributed by atoms with Crippen molar-refractivity contribution in [2.45, 2.75) is 17.8 Å². The molecule has 0 spiro atoms. The first-order valence-electron chi connectivity index (χ1n) is 5.19. The highest BCUT2D eigenvalue weighted by molar-refractivity contribution is 7.98. The van der Waals surface area contributed by atoms with E-state index in [1.54, 1.807) is 6.07 Å². The van der Waals surface area contributed by atoms with Crippen LogP contribution in [-0.4, -0.2) is 20.7 Å². The molecule has 0 aromatic carbocycles. The van der Waals surface area contributed by atoms with Gasteiger partial charge in [0.15, 0.2) is 10.9 Å². The minimum Gasteiger partial charge on any atom is -0.459 e. The number of hydrogen-bond donors (Lipinski definition) is 2. The van der Waals surface area contributed by atoms with Gasteiger partial charge in [-0.3, -0.25) is 10.2 Å². The number of nitrogen functional groups attached to an aromatic ring is 1. The standard InChI is InChI=1S/C10H13N5O2S/c1-6-13-14-10(15(6)2)18-5-7-3-4-17-8(7)9(16)12-11/h3-4H,5,11H2,1-2H3,(H,12,16). The lowest BCUT2D eigenvalue weighted by Crippen LogP contribution is -2.30. The summed E-state index contributed by atoms with van der Waals surface area (Å²) in [4.78, 5) is 11.4. The summed E-state index contributed by atoms with van der Waals surface area (Å²) in [5, 5.41) is 8.77. The Morgan fingerprint density at radius 1 is 1.61 bits per heavy atom.